The van der Waals surface area contributed by atoms with Crippen LogP contribution in [-0.4, -0.2) is 28.4 Å². The zero-order valence-corrected chi connectivity index (χ0v) is 22.8. The number of nitrogens with one attached hydrogen (secondary N) is 1. The second kappa shape index (κ2) is 11.4. The molecule has 2 heterocycles. The summed E-state index contributed by atoms with van der Waals surface area (Å²) in [5.41, 5.74) is 2.22. The number of hydrogen-bond donors (Lipinski definition) is 2. The van der Waals surface area contributed by atoms with Crippen LogP contribution in [-0.2, 0) is 20.9 Å². The molecule has 2 aliphatic rings. The van der Waals surface area contributed by atoms with Gasteiger partial charge in [0.25, 0.3) is 0 Å². The smallest absolute Gasteiger partial charge is 0.337 e. The number of Topliss-reactive ketones (excluding diaryl/α,β-unsaturated/α-hetero) is 1. The van der Waals surface area contributed by atoms with Gasteiger partial charge in [0.15, 0.2) is 11.5 Å². The molecule has 3 aromatic rings. The number of hydrogen-bond acceptors (Lipinski definition) is 9. The number of aromatic hydroxyl groups is 1. The molecule has 206 valence electrons. The molecule has 1 aliphatic carbocycles. The first-order valence-electron chi connectivity index (χ1n) is 12.9. The van der Waals surface area contributed by atoms with E-state index in [1.165, 1.54) is 12.1 Å². The van der Waals surface area contributed by atoms with E-state index in [0.717, 1.165) is 10.4 Å². The Labute approximate surface area is 234 Å². The van der Waals surface area contributed by atoms with Crippen LogP contribution in [0.4, 0.5) is 5.69 Å². The van der Waals surface area contributed by atoms with Crippen molar-refractivity contribution in [3.8, 4) is 11.5 Å². The Morgan fingerprint density at radius 1 is 1.18 bits per heavy atom. The highest BCUT2D eigenvalue weighted by molar-refractivity contribution is 7.10. The number of ether oxygens (including phenoxy) is 2. The number of ketones is 1. The summed E-state index contributed by atoms with van der Waals surface area (Å²) in [4.78, 5) is 39.7. The lowest BCUT2D eigenvalue weighted by atomic mass is 9.72. The van der Waals surface area contributed by atoms with E-state index in [0.29, 0.717) is 23.4 Å². The van der Waals surface area contributed by atoms with Gasteiger partial charge in [0.1, 0.15) is 6.61 Å². The highest BCUT2D eigenvalue weighted by Gasteiger charge is 2.42. The van der Waals surface area contributed by atoms with Crippen LogP contribution in [0.15, 0.2) is 82.5 Å². The molecule has 0 saturated carbocycles. The molecule has 2 aromatic carbocycles. The van der Waals surface area contributed by atoms with E-state index in [1.54, 1.807) is 25.2 Å². The summed E-state index contributed by atoms with van der Waals surface area (Å²) in [6.07, 6.45) is 0.779. The molecule has 5 rings (SSSR count). The van der Waals surface area contributed by atoms with E-state index in [-0.39, 0.29) is 48.2 Å². The van der Waals surface area contributed by atoms with Crippen LogP contribution in [0.25, 0.3) is 0 Å². The number of carbonyl (C=O) groups is 2. The number of carbonyl (C=O) groups excluding carboxylic acids is 2. The Hall–Kier alpha value is -4.44. The van der Waals surface area contributed by atoms with E-state index in [1.807, 2.05) is 47.8 Å². The number of allylic oxidation sites excluding steroid dienone is 3. The van der Waals surface area contributed by atoms with Crippen molar-refractivity contribution in [1.29, 1.82) is 0 Å². The lowest BCUT2D eigenvalue weighted by molar-refractivity contribution is -0.386. The van der Waals surface area contributed by atoms with Crippen molar-refractivity contribution in [2.75, 3.05) is 6.61 Å². The maximum absolute atomic E-state index is 13.8. The first kappa shape index (κ1) is 27.1. The predicted octanol–water partition coefficient (Wildman–Crippen LogP) is 5.87. The fourth-order valence-electron chi connectivity index (χ4n) is 5.35. The molecule has 9 nitrogen and oxygen atoms in total. The SMILES string of the molecule is CCOc1cc([C@@H]2C(C(=O)OCc3ccccc3)=C(C)NC3=C2C(=O)C[C@@H](c2cccs2)C3)cc([N+](=O)[O-])c1O. The lowest BCUT2D eigenvalue weighted by Crippen LogP contribution is -2.36. The maximum atomic E-state index is 13.8. The third-order valence-corrected chi connectivity index (χ3v) is 8.15. The number of dihydropyridines is 1. The number of thiophene rings is 1. The van der Waals surface area contributed by atoms with E-state index in [2.05, 4.69) is 5.32 Å². The van der Waals surface area contributed by atoms with Gasteiger partial charge in [-0.05, 0) is 48.9 Å². The number of nitro groups is 1. The predicted molar refractivity (Wildman–Crippen MR) is 149 cm³/mol. The average Bonchev–Trinajstić information content (AvgIpc) is 3.48. The standard InChI is InChI=1S/C30H28N2O7S/c1-3-38-24-15-20(13-22(29(24)34)32(36)37)27-26(30(35)39-16-18-8-5-4-6-9-18)17(2)31-21-12-19(14-23(33)28(21)27)25-10-7-11-40-25/h4-11,13,15,19,27,31,34H,3,12,14,16H2,1-2H3/t19-,27+/m0/s1. The number of phenolic OH excluding ortho intramolecular Hbond substituents is 1. The Kier molecular flexibility index (Phi) is 7.70. The number of nitrogens with zero attached hydrogens (tertiary/aromatic N) is 1. The first-order chi connectivity index (χ1) is 19.3. The molecule has 2 N–H and O–H groups in total. The Morgan fingerprint density at radius 2 is 1.95 bits per heavy atom. The van der Waals surface area contributed by atoms with Gasteiger partial charge in [-0.1, -0.05) is 36.4 Å². The zero-order valence-electron chi connectivity index (χ0n) is 22.0. The minimum atomic E-state index is -0.949. The van der Waals surface area contributed by atoms with E-state index >= 15 is 0 Å². The third-order valence-electron chi connectivity index (χ3n) is 7.11. The molecular formula is C30H28N2O7S. The summed E-state index contributed by atoms with van der Waals surface area (Å²) >= 11 is 1.58. The van der Waals surface area contributed by atoms with Crippen LogP contribution < -0.4 is 10.1 Å². The topological polar surface area (TPSA) is 128 Å². The van der Waals surface area contributed by atoms with Crippen LogP contribution in [0.1, 0.15) is 54.5 Å². The minimum Gasteiger partial charge on any atom is -0.500 e. The zero-order chi connectivity index (χ0) is 28.4. The molecule has 0 amide bonds. The van der Waals surface area contributed by atoms with Gasteiger partial charge >= 0.3 is 11.7 Å². The van der Waals surface area contributed by atoms with Gasteiger partial charge in [-0.15, -0.1) is 11.3 Å². The Balaban J connectivity index is 1.62. The molecule has 10 heteroatoms. The summed E-state index contributed by atoms with van der Waals surface area (Å²) in [5, 5.41) is 27.6. The van der Waals surface area contributed by atoms with Gasteiger partial charge in [0, 0.05) is 46.2 Å². The van der Waals surface area contributed by atoms with Gasteiger partial charge < -0.3 is 19.9 Å². The molecule has 0 spiro atoms. The molecule has 0 fully saturated rings. The second-order valence-electron chi connectivity index (χ2n) is 9.67. The highest BCUT2D eigenvalue weighted by atomic mass is 32.1. The third kappa shape index (κ3) is 5.22. The summed E-state index contributed by atoms with van der Waals surface area (Å²) in [6, 6.07) is 15.8. The summed E-state index contributed by atoms with van der Waals surface area (Å²) in [7, 11) is 0. The number of phenols is 1. The van der Waals surface area contributed by atoms with Gasteiger partial charge in [0.05, 0.1) is 17.1 Å². The van der Waals surface area contributed by atoms with Gasteiger partial charge in [-0.3, -0.25) is 14.9 Å². The molecule has 1 aromatic heterocycles. The Morgan fingerprint density at radius 3 is 2.62 bits per heavy atom. The largest absolute Gasteiger partial charge is 0.500 e. The molecule has 0 radical (unpaired) electrons. The number of rotatable bonds is 8. The summed E-state index contributed by atoms with van der Waals surface area (Å²) < 4.78 is 11.2. The fraction of sp³-hybridized carbons (Fsp3) is 0.267. The van der Waals surface area contributed by atoms with Crippen LogP contribution in [0.5, 0.6) is 11.5 Å². The molecule has 0 unspecified atom stereocenters. The number of benzene rings is 2. The summed E-state index contributed by atoms with van der Waals surface area (Å²) in [5.74, 6) is -2.48. The molecule has 0 saturated heterocycles. The van der Waals surface area contributed by atoms with Crippen molar-refractivity contribution in [2.45, 2.75) is 45.1 Å². The minimum absolute atomic E-state index is 0.0173. The Bertz CT molecular complexity index is 1530. The molecule has 2 atom stereocenters. The quantitative estimate of drug-likeness (QED) is 0.199. The molecule has 1 aliphatic heterocycles. The number of esters is 1. The monoisotopic (exact) mass is 560 g/mol. The van der Waals surface area contributed by atoms with Crippen LogP contribution in [0.3, 0.4) is 0 Å². The van der Waals surface area contributed by atoms with Crippen molar-refractivity contribution in [2.24, 2.45) is 0 Å². The average molecular weight is 561 g/mol. The van der Waals surface area contributed by atoms with Crippen molar-refractivity contribution in [3.63, 3.8) is 0 Å². The van der Waals surface area contributed by atoms with E-state index in [4.69, 9.17) is 9.47 Å². The number of nitro benzene ring substituents is 1. The van der Waals surface area contributed by atoms with Crippen LogP contribution >= 0.6 is 11.3 Å². The van der Waals surface area contributed by atoms with Gasteiger partial charge in [-0.25, -0.2) is 4.79 Å². The van der Waals surface area contributed by atoms with Gasteiger partial charge in [-0.2, -0.15) is 0 Å². The summed E-state index contributed by atoms with van der Waals surface area (Å²) in [6.45, 7) is 3.59. The molecular weight excluding hydrogens is 532 g/mol. The van der Waals surface area contributed by atoms with E-state index < -0.39 is 28.2 Å². The molecule has 0 bridgehead atoms. The second-order valence-corrected chi connectivity index (χ2v) is 10.7. The van der Waals surface area contributed by atoms with Crippen LogP contribution in [0, 0.1) is 10.1 Å². The van der Waals surface area contributed by atoms with E-state index in [9.17, 15) is 24.8 Å². The van der Waals surface area contributed by atoms with Crippen LogP contribution in [0.2, 0.25) is 0 Å². The lowest BCUT2D eigenvalue weighted by Gasteiger charge is -2.36. The molecule has 40 heavy (non-hydrogen) atoms. The first-order valence-corrected chi connectivity index (χ1v) is 13.8. The fourth-order valence-corrected chi connectivity index (χ4v) is 6.18. The van der Waals surface area contributed by atoms with Gasteiger partial charge in [0.2, 0.25) is 5.75 Å². The normalized spacial score (nSPS) is 18.7. The van der Waals surface area contributed by atoms with Crippen molar-refractivity contribution >= 4 is 28.8 Å². The van der Waals surface area contributed by atoms with Crippen molar-refractivity contribution in [3.05, 3.63) is 109 Å². The van der Waals surface area contributed by atoms with Crippen molar-refractivity contribution < 1.29 is 29.1 Å². The maximum Gasteiger partial charge on any atom is 0.337 e. The van der Waals surface area contributed by atoms with Crippen molar-refractivity contribution in [1.82, 2.24) is 5.32 Å². The highest BCUT2D eigenvalue weighted by Crippen LogP contribution is 2.49.